The number of rotatable bonds is 1. The van der Waals surface area contributed by atoms with Crippen LogP contribution in [-0.4, -0.2) is 19.8 Å². The zero-order valence-corrected chi connectivity index (χ0v) is 7.91. The highest BCUT2D eigenvalue weighted by atomic mass is 32.2. The summed E-state index contributed by atoms with van der Waals surface area (Å²) in [5.41, 5.74) is 0.741. The smallest absolute Gasteiger partial charge is 0.161 e. The molecule has 2 heterocycles. The maximum Gasteiger partial charge on any atom is 0.161 e. The quantitative estimate of drug-likeness (QED) is 0.747. The number of aromatic nitrogens is 2. The number of hydrogen-bond donors (Lipinski definition) is 1. The SMILES string of the molecule is CS(=N)(=O)c1ncn2ccccc12. The first-order valence-corrected chi connectivity index (χ1v) is 5.71. The van der Waals surface area contributed by atoms with Gasteiger partial charge >= 0.3 is 0 Å². The van der Waals surface area contributed by atoms with Crippen molar-refractivity contribution in [1.82, 2.24) is 9.38 Å². The van der Waals surface area contributed by atoms with Gasteiger partial charge in [-0.2, -0.15) is 0 Å². The van der Waals surface area contributed by atoms with Gasteiger partial charge < -0.3 is 4.40 Å². The number of imidazole rings is 1. The van der Waals surface area contributed by atoms with Crippen LogP contribution in [0.25, 0.3) is 5.52 Å². The lowest BCUT2D eigenvalue weighted by Crippen LogP contribution is -1.95. The van der Waals surface area contributed by atoms with Crippen LogP contribution >= 0.6 is 0 Å². The molecular weight excluding hydrogens is 186 g/mol. The van der Waals surface area contributed by atoms with E-state index in [1.165, 1.54) is 6.26 Å². The van der Waals surface area contributed by atoms with Crippen LogP contribution in [-0.2, 0) is 9.73 Å². The second-order valence-electron chi connectivity index (χ2n) is 2.89. The van der Waals surface area contributed by atoms with Crippen molar-refractivity contribution in [3.8, 4) is 0 Å². The summed E-state index contributed by atoms with van der Waals surface area (Å²) >= 11 is 0. The lowest BCUT2D eigenvalue weighted by molar-refractivity contribution is 0.677. The fourth-order valence-electron chi connectivity index (χ4n) is 1.22. The molecule has 68 valence electrons. The standard InChI is InChI=1S/C8H9N3OS/c1-13(9,12)8-7-4-2-3-5-11(7)6-10-8/h2-6,9H,1H3. The Hall–Kier alpha value is -1.36. The molecule has 2 aromatic rings. The van der Waals surface area contributed by atoms with E-state index in [4.69, 9.17) is 4.78 Å². The fraction of sp³-hybridized carbons (Fsp3) is 0.125. The summed E-state index contributed by atoms with van der Waals surface area (Å²) in [5.74, 6) is 0. The van der Waals surface area contributed by atoms with Gasteiger partial charge in [-0.25, -0.2) is 14.0 Å². The minimum absolute atomic E-state index is 0.355. The number of fused-ring (bicyclic) bond motifs is 1. The number of nitrogens with one attached hydrogen (secondary N) is 1. The summed E-state index contributed by atoms with van der Waals surface area (Å²) in [7, 11) is -2.72. The minimum atomic E-state index is -2.72. The summed E-state index contributed by atoms with van der Waals surface area (Å²) in [4.78, 5) is 3.97. The molecule has 0 aromatic carbocycles. The van der Waals surface area contributed by atoms with E-state index < -0.39 is 9.73 Å². The first kappa shape index (κ1) is 8.25. The van der Waals surface area contributed by atoms with E-state index in [1.54, 1.807) is 16.8 Å². The van der Waals surface area contributed by atoms with E-state index in [9.17, 15) is 4.21 Å². The summed E-state index contributed by atoms with van der Waals surface area (Å²) in [6, 6.07) is 5.51. The second-order valence-corrected chi connectivity index (χ2v) is 4.96. The first-order chi connectivity index (χ1) is 6.09. The van der Waals surface area contributed by atoms with Gasteiger partial charge in [-0.3, -0.25) is 0 Å². The van der Waals surface area contributed by atoms with E-state index in [2.05, 4.69) is 4.98 Å². The van der Waals surface area contributed by atoms with Gasteiger partial charge in [0, 0.05) is 12.5 Å². The highest BCUT2D eigenvalue weighted by molar-refractivity contribution is 7.91. The highest BCUT2D eigenvalue weighted by Gasteiger charge is 2.10. The third kappa shape index (κ3) is 1.31. The molecule has 1 N–H and O–H groups in total. The van der Waals surface area contributed by atoms with E-state index in [1.807, 2.05) is 18.3 Å². The van der Waals surface area contributed by atoms with Crippen molar-refractivity contribution in [2.24, 2.45) is 0 Å². The lowest BCUT2D eigenvalue weighted by atomic mass is 10.4. The third-order valence-electron chi connectivity index (χ3n) is 1.78. The molecule has 5 heteroatoms. The second kappa shape index (κ2) is 2.56. The fourth-order valence-corrected chi connectivity index (χ4v) is 2.04. The van der Waals surface area contributed by atoms with Crippen LogP contribution in [0.3, 0.4) is 0 Å². The normalized spacial score (nSPS) is 15.8. The zero-order valence-electron chi connectivity index (χ0n) is 7.10. The lowest BCUT2D eigenvalue weighted by Gasteiger charge is -1.96. The number of hydrogen-bond acceptors (Lipinski definition) is 3. The van der Waals surface area contributed by atoms with E-state index >= 15 is 0 Å². The van der Waals surface area contributed by atoms with Crippen LogP contribution in [0.1, 0.15) is 0 Å². The summed E-state index contributed by atoms with van der Waals surface area (Å²) < 4.78 is 20.6. The summed E-state index contributed by atoms with van der Waals surface area (Å²) in [6.45, 7) is 0. The third-order valence-corrected chi connectivity index (χ3v) is 2.83. The molecule has 4 nitrogen and oxygen atoms in total. The van der Waals surface area contributed by atoms with Gasteiger partial charge in [0.2, 0.25) is 0 Å². The Morgan fingerprint density at radius 3 is 3.00 bits per heavy atom. The minimum Gasteiger partial charge on any atom is -0.305 e. The summed E-state index contributed by atoms with van der Waals surface area (Å²) in [5, 5.41) is 0.355. The van der Waals surface area contributed by atoms with Crippen LogP contribution in [0.5, 0.6) is 0 Å². The Balaban J connectivity index is 2.87. The van der Waals surface area contributed by atoms with Gasteiger partial charge in [-0.15, -0.1) is 0 Å². The first-order valence-electron chi connectivity index (χ1n) is 3.74. The van der Waals surface area contributed by atoms with Crippen molar-refractivity contribution in [2.75, 3.05) is 6.26 Å². The Morgan fingerprint density at radius 2 is 2.31 bits per heavy atom. The molecule has 0 saturated carbocycles. The molecule has 1 atom stereocenters. The average Bonchev–Trinajstić information content (AvgIpc) is 2.45. The van der Waals surface area contributed by atoms with Gasteiger partial charge in [-0.1, -0.05) is 6.07 Å². The van der Waals surface area contributed by atoms with Crippen LogP contribution < -0.4 is 0 Å². The zero-order chi connectivity index (χ0) is 9.47. The van der Waals surface area contributed by atoms with Gasteiger partial charge in [0.15, 0.2) is 5.03 Å². The molecule has 0 aliphatic carbocycles. The van der Waals surface area contributed by atoms with Crippen molar-refractivity contribution in [3.05, 3.63) is 30.7 Å². The molecule has 0 bridgehead atoms. The molecule has 1 unspecified atom stereocenters. The maximum absolute atomic E-state index is 11.5. The predicted octanol–water partition coefficient (Wildman–Crippen LogP) is 1.37. The topological polar surface area (TPSA) is 58.2 Å². The Morgan fingerprint density at radius 1 is 1.54 bits per heavy atom. The van der Waals surface area contributed by atoms with Crippen molar-refractivity contribution >= 4 is 15.2 Å². The molecule has 0 spiro atoms. The summed E-state index contributed by atoms with van der Waals surface area (Å²) in [6.07, 6.45) is 4.77. The van der Waals surface area contributed by atoms with E-state index in [0.717, 1.165) is 5.52 Å². The van der Waals surface area contributed by atoms with Crippen LogP contribution in [0.2, 0.25) is 0 Å². The van der Waals surface area contributed by atoms with Crippen molar-refractivity contribution in [3.63, 3.8) is 0 Å². The van der Waals surface area contributed by atoms with Gasteiger partial charge in [0.1, 0.15) is 6.33 Å². The van der Waals surface area contributed by atoms with Crippen molar-refractivity contribution in [1.29, 1.82) is 4.78 Å². The molecule has 0 fully saturated rings. The van der Waals surface area contributed by atoms with Crippen LogP contribution in [0, 0.1) is 4.78 Å². The Labute approximate surface area is 76.2 Å². The van der Waals surface area contributed by atoms with Crippen LogP contribution in [0.15, 0.2) is 35.7 Å². The molecule has 13 heavy (non-hydrogen) atoms. The van der Waals surface area contributed by atoms with Gasteiger partial charge in [-0.05, 0) is 12.1 Å². The molecule has 0 aliphatic rings. The molecular formula is C8H9N3OS. The Kier molecular flexibility index (Phi) is 1.63. The molecule has 0 radical (unpaired) electrons. The molecule has 0 saturated heterocycles. The van der Waals surface area contributed by atoms with Gasteiger partial charge in [0.05, 0.1) is 15.2 Å². The largest absolute Gasteiger partial charge is 0.305 e. The molecule has 0 amide bonds. The Bertz CT molecular complexity index is 541. The predicted molar refractivity (Wildman–Crippen MR) is 50.2 cm³/mol. The number of nitrogens with zero attached hydrogens (tertiary/aromatic N) is 2. The van der Waals surface area contributed by atoms with Crippen molar-refractivity contribution in [2.45, 2.75) is 5.03 Å². The van der Waals surface area contributed by atoms with E-state index in [-0.39, 0.29) is 0 Å². The van der Waals surface area contributed by atoms with Crippen molar-refractivity contribution < 1.29 is 4.21 Å². The molecule has 2 rings (SSSR count). The van der Waals surface area contributed by atoms with E-state index in [0.29, 0.717) is 5.03 Å². The monoisotopic (exact) mass is 195 g/mol. The number of pyridine rings is 1. The van der Waals surface area contributed by atoms with Gasteiger partial charge in [0.25, 0.3) is 0 Å². The maximum atomic E-state index is 11.5. The molecule has 0 aliphatic heterocycles. The van der Waals surface area contributed by atoms with Crippen LogP contribution in [0.4, 0.5) is 0 Å². The average molecular weight is 195 g/mol. The highest BCUT2D eigenvalue weighted by Crippen LogP contribution is 2.14. The molecule has 2 aromatic heterocycles.